The van der Waals surface area contributed by atoms with Crippen molar-refractivity contribution in [1.29, 1.82) is 0 Å². The molecule has 0 bridgehead atoms. The number of rotatable bonds is 5. The van der Waals surface area contributed by atoms with Gasteiger partial charge < -0.3 is 10.6 Å². The van der Waals surface area contributed by atoms with E-state index in [9.17, 15) is 9.59 Å². The van der Waals surface area contributed by atoms with Crippen LogP contribution in [0, 0.1) is 13.8 Å². The highest BCUT2D eigenvalue weighted by Crippen LogP contribution is 2.23. The van der Waals surface area contributed by atoms with Gasteiger partial charge in [-0.25, -0.2) is 0 Å². The molecule has 2 amide bonds. The van der Waals surface area contributed by atoms with Gasteiger partial charge in [-0.2, -0.15) is 0 Å². The molecule has 0 fully saturated rings. The average molecular weight is 437 g/mol. The molecule has 142 valence electrons. The SMILES string of the molecule is Cc1ccccc1C(=O)NC(NC(=O)c1ccccc1C)c1ccccc1Br. The van der Waals surface area contributed by atoms with Crippen molar-refractivity contribution in [1.82, 2.24) is 10.6 Å². The van der Waals surface area contributed by atoms with Crippen molar-refractivity contribution in [3.63, 3.8) is 0 Å². The Bertz CT molecular complexity index is 957. The first-order chi connectivity index (χ1) is 13.5. The van der Waals surface area contributed by atoms with Crippen LogP contribution in [-0.4, -0.2) is 11.8 Å². The molecule has 3 aromatic carbocycles. The minimum Gasteiger partial charge on any atom is -0.328 e. The van der Waals surface area contributed by atoms with E-state index in [0.717, 1.165) is 21.2 Å². The summed E-state index contributed by atoms with van der Waals surface area (Å²) >= 11 is 3.52. The lowest BCUT2D eigenvalue weighted by Crippen LogP contribution is -2.41. The maximum atomic E-state index is 12.9. The van der Waals surface area contributed by atoms with Crippen molar-refractivity contribution in [2.24, 2.45) is 0 Å². The standard InChI is InChI=1S/C23H21BrN2O2/c1-15-9-3-5-11-17(15)22(27)25-21(19-13-7-8-14-20(19)24)26-23(28)18-12-6-4-10-16(18)2/h3-14,21H,1-2H3,(H,25,27)(H,26,28). The number of nitrogens with one attached hydrogen (secondary N) is 2. The summed E-state index contributed by atoms with van der Waals surface area (Å²) in [6, 6.07) is 22.2. The van der Waals surface area contributed by atoms with Gasteiger partial charge in [0.15, 0.2) is 0 Å². The van der Waals surface area contributed by atoms with E-state index in [1.165, 1.54) is 0 Å². The van der Waals surface area contributed by atoms with Gasteiger partial charge in [-0.1, -0.05) is 70.5 Å². The van der Waals surface area contributed by atoms with Crippen LogP contribution >= 0.6 is 15.9 Å². The summed E-state index contributed by atoms with van der Waals surface area (Å²) in [6.45, 7) is 3.77. The van der Waals surface area contributed by atoms with Crippen LogP contribution in [0.5, 0.6) is 0 Å². The third-order valence-corrected chi connectivity index (χ3v) is 5.27. The topological polar surface area (TPSA) is 58.2 Å². The molecule has 4 nitrogen and oxygen atoms in total. The molecule has 2 N–H and O–H groups in total. The van der Waals surface area contributed by atoms with Crippen molar-refractivity contribution in [3.8, 4) is 0 Å². The van der Waals surface area contributed by atoms with E-state index in [1.807, 2.05) is 74.5 Å². The van der Waals surface area contributed by atoms with Gasteiger partial charge in [-0.05, 0) is 43.2 Å². The predicted molar refractivity (Wildman–Crippen MR) is 114 cm³/mol. The van der Waals surface area contributed by atoms with Crippen molar-refractivity contribution in [2.75, 3.05) is 0 Å². The second-order valence-electron chi connectivity index (χ2n) is 6.53. The molecule has 0 radical (unpaired) electrons. The molecule has 3 rings (SSSR count). The normalized spacial score (nSPS) is 10.6. The van der Waals surface area contributed by atoms with Gasteiger partial charge in [-0.15, -0.1) is 0 Å². The van der Waals surface area contributed by atoms with Crippen LogP contribution in [0.3, 0.4) is 0 Å². The Morgan fingerprint density at radius 3 is 1.61 bits per heavy atom. The molecule has 28 heavy (non-hydrogen) atoms. The van der Waals surface area contributed by atoms with Crippen molar-refractivity contribution in [2.45, 2.75) is 20.0 Å². The maximum Gasteiger partial charge on any atom is 0.253 e. The van der Waals surface area contributed by atoms with E-state index in [2.05, 4.69) is 26.6 Å². The van der Waals surface area contributed by atoms with Crippen LogP contribution in [0.1, 0.15) is 43.6 Å². The minimum absolute atomic E-state index is 0.246. The van der Waals surface area contributed by atoms with E-state index in [-0.39, 0.29) is 11.8 Å². The van der Waals surface area contributed by atoms with Crippen molar-refractivity contribution < 1.29 is 9.59 Å². The largest absolute Gasteiger partial charge is 0.328 e. The number of carbonyl (C=O) groups excluding carboxylic acids is 2. The number of aryl methyl sites for hydroxylation is 2. The molecule has 0 atom stereocenters. The fourth-order valence-electron chi connectivity index (χ4n) is 2.97. The molecule has 0 aromatic heterocycles. The fourth-order valence-corrected chi connectivity index (χ4v) is 3.49. The molecule has 0 heterocycles. The summed E-state index contributed by atoms with van der Waals surface area (Å²) in [5, 5.41) is 5.90. The first-order valence-corrected chi connectivity index (χ1v) is 9.74. The summed E-state index contributed by atoms with van der Waals surface area (Å²) in [4.78, 5) is 25.7. The summed E-state index contributed by atoms with van der Waals surface area (Å²) in [6.07, 6.45) is -0.685. The molecule has 0 saturated carbocycles. The molecule has 0 unspecified atom stereocenters. The fraction of sp³-hybridized carbons (Fsp3) is 0.130. The summed E-state index contributed by atoms with van der Waals surface area (Å²) in [7, 11) is 0. The van der Waals surface area contributed by atoms with Gasteiger partial charge in [0.1, 0.15) is 6.17 Å². The lowest BCUT2D eigenvalue weighted by Gasteiger charge is -2.23. The van der Waals surface area contributed by atoms with Crippen LogP contribution in [0.15, 0.2) is 77.3 Å². The third kappa shape index (κ3) is 4.49. The number of benzene rings is 3. The van der Waals surface area contributed by atoms with Gasteiger partial charge in [-0.3, -0.25) is 9.59 Å². The van der Waals surface area contributed by atoms with E-state index in [1.54, 1.807) is 12.1 Å². The van der Waals surface area contributed by atoms with Gasteiger partial charge in [0, 0.05) is 21.2 Å². The van der Waals surface area contributed by atoms with E-state index < -0.39 is 6.17 Å². The van der Waals surface area contributed by atoms with Gasteiger partial charge in [0.2, 0.25) is 0 Å². The number of carbonyl (C=O) groups is 2. The number of amides is 2. The lowest BCUT2D eigenvalue weighted by atomic mass is 10.1. The molecule has 0 saturated heterocycles. The van der Waals surface area contributed by atoms with Gasteiger partial charge >= 0.3 is 0 Å². The number of hydrogen-bond acceptors (Lipinski definition) is 2. The maximum absolute atomic E-state index is 12.9. The van der Waals surface area contributed by atoms with Crippen LogP contribution < -0.4 is 10.6 Å². The summed E-state index contributed by atoms with van der Waals surface area (Å²) in [5.74, 6) is -0.493. The molecule has 0 aliphatic rings. The predicted octanol–water partition coefficient (Wildman–Crippen LogP) is 4.92. The highest BCUT2D eigenvalue weighted by molar-refractivity contribution is 9.10. The van der Waals surface area contributed by atoms with Crippen LogP contribution in [0.2, 0.25) is 0 Å². The van der Waals surface area contributed by atoms with Crippen LogP contribution in [0.25, 0.3) is 0 Å². The highest BCUT2D eigenvalue weighted by atomic mass is 79.9. The monoisotopic (exact) mass is 436 g/mol. The Labute approximate surface area is 173 Å². The number of hydrogen-bond donors (Lipinski definition) is 2. The Balaban J connectivity index is 1.91. The average Bonchev–Trinajstić information content (AvgIpc) is 2.68. The molecule has 0 aliphatic carbocycles. The zero-order chi connectivity index (χ0) is 20.1. The molecule has 5 heteroatoms. The molecular weight excluding hydrogens is 416 g/mol. The quantitative estimate of drug-likeness (QED) is 0.557. The Hall–Kier alpha value is -2.92. The number of halogens is 1. The van der Waals surface area contributed by atoms with E-state index in [4.69, 9.17) is 0 Å². The Morgan fingerprint density at radius 2 is 1.14 bits per heavy atom. The molecule has 0 spiro atoms. The molecule has 0 aliphatic heterocycles. The summed E-state index contributed by atoms with van der Waals surface area (Å²) < 4.78 is 0.801. The third-order valence-electron chi connectivity index (χ3n) is 4.55. The van der Waals surface area contributed by atoms with Crippen LogP contribution in [0.4, 0.5) is 0 Å². The molecule has 3 aromatic rings. The zero-order valence-corrected chi connectivity index (χ0v) is 17.3. The molecular formula is C23H21BrN2O2. The zero-order valence-electron chi connectivity index (χ0n) is 15.7. The second kappa shape index (κ2) is 8.85. The first-order valence-electron chi connectivity index (χ1n) is 8.95. The van der Waals surface area contributed by atoms with E-state index >= 15 is 0 Å². The highest BCUT2D eigenvalue weighted by Gasteiger charge is 2.22. The summed E-state index contributed by atoms with van der Waals surface area (Å²) in [5.41, 5.74) is 3.66. The van der Waals surface area contributed by atoms with Crippen molar-refractivity contribution in [3.05, 3.63) is 105 Å². The second-order valence-corrected chi connectivity index (χ2v) is 7.39. The minimum atomic E-state index is -0.685. The van der Waals surface area contributed by atoms with Crippen molar-refractivity contribution >= 4 is 27.7 Å². The first kappa shape index (κ1) is 19.8. The van der Waals surface area contributed by atoms with Crippen LogP contribution in [-0.2, 0) is 0 Å². The lowest BCUT2D eigenvalue weighted by molar-refractivity contribution is 0.0882. The van der Waals surface area contributed by atoms with E-state index in [0.29, 0.717) is 11.1 Å². The van der Waals surface area contributed by atoms with Gasteiger partial charge in [0.05, 0.1) is 0 Å². The smallest absolute Gasteiger partial charge is 0.253 e. The Morgan fingerprint density at radius 1 is 0.714 bits per heavy atom. The Kier molecular flexibility index (Phi) is 6.26. The van der Waals surface area contributed by atoms with Gasteiger partial charge in [0.25, 0.3) is 11.8 Å².